The second-order valence-electron chi connectivity index (χ2n) is 26.8. The minimum Gasteiger partial charge on any atom is -0.484 e. The number of esters is 1. The van der Waals surface area contributed by atoms with Gasteiger partial charge in [-0.25, -0.2) is 4.79 Å². The van der Waals surface area contributed by atoms with Crippen LogP contribution in [0.25, 0.3) is 22.3 Å². The molecular formula is C70H96N4O22. The molecule has 0 saturated carbocycles. The largest absolute Gasteiger partial charge is 0.484 e. The summed E-state index contributed by atoms with van der Waals surface area (Å²) in [5, 5.41) is 48.6. The first-order chi connectivity index (χ1) is 44.8. The standard InChI is InChI=1S/C70H96N4O22/c1-65(2,62(82)83)20-26-88-29-24-72-57(76)41-90-53-34-50(36-55(38-53)92-43-59(78)74-45-70(11,12)96-28-22-67(5,6)64(86)87)48-30-47(31-51(32-48)61(81)93-39-46-16-14-13-15-17-46)49-33-52(89-40-56(75)71-23-19-68(7,8)94-25-18-60(79)80)37-54(35-49)91-42-58(77)73-44-69(9,10)95-27-21-66(3,4)63(84)85/h13-17,30-38H,18-29,39-45H2,1-12H3,(H,71,75)(H,72,76)(H,73,77)(H,74,78)(H,79,80)(H,82,83)(H,84,85)(H,86,87). The number of amides is 4. The van der Waals surface area contributed by atoms with Crippen LogP contribution >= 0.6 is 0 Å². The van der Waals surface area contributed by atoms with Crippen molar-refractivity contribution in [1.29, 1.82) is 0 Å². The van der Waals surface area contributed by atoms with Crippen LogP contribution in [0.5, 0.6) is 23.0 Å². The van der Waals surface area contributed by atoms with Gasteiger partial charge < -0.3 is 84.3 Å². The van der Waals surface area contributed by atoms with Gasteiger partial charge in [-0.3, -0.25) is 38.4 Å². The van der Waals surface area contributed by atoms with Gasteiger partial charge in [-0.05, 0) is 179 Å². The van der Waals surface area contributed by atoms with Crippen LogP contribution in [-0.2, 0) is 68.6 Å². The maximum atomic E-state index is 14.3. The smallest absolute Gasteiger partial charge is 0.338 e. The number of nitrogens with one attached hydrogen (secondary N) is 4. The molecule has 96 heavy (non-hydrogen) atoms. The van der Waals surface area contributed by atoms with E-state index in [1.807, 2.05) is 6.07 Å². The summed E-state index contributed by atoms with van der Waals surface area (Å²) in [7, 11) is 0. The number of benzene rings is 4. The molecule has 0 radical (unpaired) electrons. The Hall–Kier alpha value is -8.85. The number of carbonyl (C=O) groups is 9. The van der Waals surface area contributed by atoms with Gasteiger partial charge in [-0.15, -0.1) is 0 Å². The number of carbonyl (C=O) groups excluding carboxylic acids is 5. The molecule has 0 fully saturated rings. The molecule has 8 N–H and O–H groups in total. The molecule has 528 valence electrons. The number of ether oxygens (including phenoxy) is 9. The lowest BCUT2D eigenvalue weighted by molar-refractivity contribution is -0.149. The van der Waals surface area contributed by atoms with E-state index in [-0.39, 0.29) is 120 Å². The zero-order chi connectivity index (χ0) is 71.5. The summed E-state index contributed by atoms with van der Waals surface area (Å²) >= 11 is 0. The zero-order valence-electron chi connectivity index (χ0n) is 57.2. The number of aliphatic carboxylic acids is 4. The van der Waals surface area contributed by atoms with Gasteiger partial charge in [0.25, 0.3) is 23.6 Å². The Balaban J connectivity index is 1.75. The fraction of sp³-hybridized carbons (Fsp3) is 0.529. The highest BCUT2D eigenvalue weighted by atomic mass is 16.5. The Labute approximate surface area is 560 Å². The fourth-order valence-electron chi connectivity index (χ4n) is 8.39. The predicted octanol–water partition coefficient (Wildman–Crippen LogP) is 8.13. The summed E-state index contributed by atoms with van der Waals surface area (Å²) in [6, 6.07) is 23.0. The molecule has 0 heterocycles. The molecule has 4 amide bonds. The van der Waals surface area contributed by atoms with Gasteiger partial charge in [-0.1, -0.05) is 30.3 Å². The third kappa shape index (κ3) is 29.8. The molecule has 26 nitrogen and oxygen atoms in total. The average Bonchev–Trinajstić information content (AvgIpc) is 0.798. The average molecular weight is 1350 g/mol. The van der Waals surface area contributed by atoms with Crippen molar-refractivity contribution in [3.8, 4) is 45.3 Å². The van der Waals surface area contributed by atoms with Crippen molar-refractivity contribution < 1.29 is 106 Å². The maximum absolute atomic E-state index is 14.3. The molecular weight excluding hydrogens is 1250 g/mol. The molecule has 26 heteroatoms. The van der Waals surface area contributed by atoms with Crippen molar-refractivity contribution in [3.05, 3.63) is 96.1 Å². The molecule has 0 atom stereocenters. The molecule has 0 aliphatic carbocycles. The third-order valence-electron chi connectivity index (χ3n) is 15.2. The lowest BCUT2D eigenvalue weighted by Crippen LogP contribution is -2.42. The molecule has 0 bridgehead atoms. The van der Waals surface area contributed by atoms with Crippen LogP contribution in [0.2, 0.25) is 0 Å². The van der Waals surface area contributed by atoms with Gasteiger partial charge in [0, 0.05) is 58.1 Å². The Morgan fingerprint density at radius 2 is 0.771 bits per heavy atom. The van der Waals surface area contributed by atoms with Gasteiger partial charge in [-0.2, -0.15) is 0 Å². The van der Waals surface area contributed by atoms with Crippen LogP contribution in [-0.4, -0.2) is 176 Å². The quantitative estimate of drug-likeness (QED) is 0.0153. The SMILES string of the molecule is CC(C)(CCNC(=O)COc1cc(OCC(=O)NCC(C)(C)OCCC(C)(C)C(=O)O)cc(-c2cc(C(=O)OCc3ccccc3)cc(-c3cc(OCC(=O)NCCOCCC(C)(C)C(=O)O)cc(OCC(=O)NCC(C)(C)OCCC(C)(C)C(=O)O)c3)c2)c1)OCCC(=O)O. The van der Waals surface area contributed by atoms with E-state index in [2.05, 4.69) is 21.3 Å². The van der Waals surface area contributed by atoms with Gasteiger partial charge in [0.2, 0.25) is 0 Å². The minimum atomic E-state index is -1.03. The van der Waals surface area contributed by atoms with Crippen molar-refractivity contribution in [2.75, 3.05) is 85.6 Å². The van der Waals surface area contributed by atoms with Crippen LogP contribution in [0.1, 0.15) is 131 Å². The molecule has 0 aliphatic rings. The van der Waals surface area contributed by atoms with Crippen molar-refractivity contribution in [3.63, 3.8) is 0 Å². The zero-order valence-corrected chi connectivity index (χ0v) is 57.2. The van der Waals surface area contributed by atoms with Crippen LogP contribution < -0.4 is 40.2 Å². The monoisotopic (exact) mass is 1340 g/mol. The second-order valence-corrected chi connectivity index (χ2v) is 26.8. The third-order valence-corrected chi connectivity index (χ3v) is 15.2. The summed E-state index contributed by atoms with van der Waals surface area (Å²) in [5.41, 5.74) is -3.47. The number of rotatable bonds is 45. The summed E-state index contributed by atoms with van der Waals surface area (Å²) in [6.07, 6.45) is 0.835. The lowest BCUT2D eigenvalue weighted by Gasteiger charge is -2.28. The van der Waals surface area contributed by atoms with Gasteiger partial charge in [0.15, 0.2) is 26.4 Å². The Kier molecular flexibility index (Phi) is 30.6. The first kappa shape index (κ1) is 79.6. The van der Waals surface area contributed by atoms with E-state index in [1.54, 1.807) is 150 Å². The van der Waals surface area contributed by atoms with Gasteiger partial charge in [0.1, 0.15) is 29.6 Å². The first-order valence-electron chi connectivity index (χ1n) is 31.5. The predicted molar refractivity (Wildman–Crippen MR) is 353 cm³/mol. The number of hydrogen-bond acceptors (Lipinski definition) is 18. The number of carboxylic acids is 4. The molecule has 4 aromatic rings. The van der Waals surface area contributed by atoms with Crippen LogP contribution in [0.3, 0.4) is 0 Å². The molecule has 4 aromatic carbocycles. The minimum absolute atomic E-state index is 0.0193. The van der Waals surface area contributed by atoms with Crippen molar-refractivity contribution in [1.82, 2.24) is 21.3 Å². The van der Waals surface area contributed by atoms with E-state index in [9.17, 15) is 58.5 Å². The molecule has 0 saturated heterocycles. The van der Waals surface area contributed by atoms with E-state index in [4.69, 9.17) is 47.7 Å². The van der Waals surface area contributed by atoms with E-state index in [1.165, 1.54) is 12.1 Å². The van der Waals surface area contributed by atoms with Crippen LogP contribution in [0, 0.1) is 16.2 Å². The number of carboxylic acid groups (broad SMARTS) is 4. The number of hydrogen-bond donors (Lipinski definition) is 8. The topological polar surface area (TPSA) is 366 Å². The lowest BCUT2D eigenvalue weighted by atomic mass is 9.90. The highest BCUT2D eigenvalue weighted by molar-refractivity contribution is 5.94. The van der Waals surface area contributed by atoms with E-state index in [0.717, 1.165) is 0 Å². The summed E-state index contributed by atoms with van der Waals surface area (Å²) in [6.45, 7) is 18.6. The molecule has 0 unspecified atom stereocenters. The van der Waals surface area contributed by atoms with E-state index >= 15 is 0 Å². The van der Waals surface area contributed by atoms with Gasteiger partial charge in [0.05, 0.1) is 58.2 Å². The Morgan fingerprint density at radius 1 is 0.396 bits per heavy atom. The summed E-state index contributed by atoms with van der Waals surface area (Å²) in [5.74, 6) is -6.43. The normalized spacial score (nSPS) is 12.0. The highest BCUT2D eigenvalue weighted by Crippen LogP contribution is 2.37. The Morgan fingerprint density at radius 3 is 1.18 bits per heavy atom. The first-order valence-corrected chi connectivity index (χ1v) is 31.5. The van der Waals surface area contributed by atoms with Crippen LogP contribution in [0.15, 0.2) is 84.9 Å². The molecule has 0 aliphatic heterocycles. The second kappa shape index (κ2) is 36.9. The van der Waals surface area contributed by atoms with E-state index in [0.29, 0.717) is 34.2 Å². The van der Waals surface area contributed by atoms with E-state index < -0.39 is 113 Å². The van der Waals surface area contributed by atoms with Crippen molar-refractivity contribution >= 4 is 53.5 Å². The van der Waals surface area contributed by atoms with Crippen LogP contribution in [0.4, 0.5) is 0 Å². The Bertz CT molecular complexity index is 3290. The fourth-order valence-corrected chi connectivity index (χ4v) is 8.39. The summed E-state index contributed by atoms with van der Waals surface area (Å²) < 4.78 is 53.3. The highest BCUT2D eigenvalue weighted by Gasteiger charge is 2.31. The molecule has 0 aromatic heterocycles. The van der Waals surface area contributed by atoms with Crippen molar-refractivity contribution in [2.24, 2.45) is 16.2 Å². The molecule has 0 spiro atoms. The van der Waals surface area contributed by atoms with Crippen molar-refractivity contribution in [2.45, 2.75) is 139 Å². The molecule has 4 rings (SSSR count). The van der Waals surface area contributed by atoms with Gasteiger partial charge >= 0.3 is 29.8 Å². The maximum Gasteiger partial charge on any atom is 0.338 e. The summed E-state index contributed by atoms with van der Waals surface area (Å²) in [4.78, 5) is 114.